The second kappa shape index (κ2) is 6.01. The van der Waals surface area contributed by atoms with E-state index in [0.29, 0.717) is 12.0 Å². The van der Waals surface area contributed by atoms with Crippen molar-refractivity contribution < 1.29 is 5.11 Å². The molecular weight excluding hydrogens is 212 g/mol. The van der Waals surface area contributed by atoms with E-state index >= 15 is 0 Å². The topological polar surface area (TPSA) is 36.4 Å². The van der Waals surface area contributed by atoms with Crippen LogP contribution in [0.3, 0.4) is 0 Å². The summed E-state index contributed by atoms with van der Waals surface area (Å²) in [6.45, 7) is 11.5. The smallest absolute Gasteiger partial charge is 0.129 e. The van der Waals surface area contributed by atoms with Gasteiger partial charge in [-0.2, -0.15) is 0 Å². The van der Waals surface area contributed by atoms with E-state index in [1.54, 1.807) is 13.1 Å². The van der Waals surface area contributed by atoms with Crippen molar-refractivity contribution in [2.45, 2.75) is 46.8 Å². The number of hydrogen-bond donors (Lipinski definition) is 1. The molecule has 1 N–H and O–H groups in total. The highest BCUT2D eigenvalue weighted by molar-refractivity contribution is 5.42. The number of aromatic nitrogens is 1. The van der Waals surface area contributed by atoms with Crippen LogP contribution in [0.15, 0.2) is 18.3 Å². The summed E-state index contributed by atoms with van der Waals surface area (Å²) in [6, 6.07) is 4.25. The normalized spacial score (nSPS) is 13.2. The van der Waals surface area contributed by atoms with E-state index in [2.05, 4.69) is 37.6 Å². The first-order chi connectivity index (χ1) is 7.91. The largest absolute Gasteiger partial charge is 0.389 e. The lowest BCUT2D eigenvalue weighted by atomic mass is 10.1. The van der Waals surface area contributed by atoms with Crippen molar-refractivity contribution >= 4 is 5.82 Å². The molecule has 0 saturated heterocycles. The van der Waals surface area contributed by atoms with Crippen LogP contribution in [0, 0.1) is 5.92 Å². The number of aliphatic hydroxyl groups is 1. The molecule has 0 radical (unpaired) electrons. The van der Waals surface area contributed by atoms with Crippen molar-refractivity contribution in [3.8, 4) is 0 Å². The lowest BCUT2D eigenvalue weighted by Gasteiger charge is -2.30. The van der Waals surface area contributed by atoms with Gasteiger partial charge in [0.05, 0.1) is 6.10 Å². The van der Waals surface area contributed by atoms with E-state index in [9.17, 15) is 5.11 Å². The van der Waals surface area contributed by atoms with Crippen molar-refractivity contribution in [1.29, 1.82) is 0 Å². The number of nitrogens with zero attached hydrogens (tertiary/aromatic N) is 2. The zero-order valence-corrected chi connectivity index (χ0v) is 11.5. The van der Waals surface area contributed by atoms with Crippen LogP contribution in [-0.4, -0.2) is 22.7 Å². The number of aliphatic hydroxyl groups excluding tert-OH is 1. The van der Waals surface area contributed by atoms with E-state index < -0.39 is 6.10 Å². The Bertz CT molecular complexity index is 348. The Morgan fingerprint density at radius 2 is 1.88 bits per heavy atom. The summed E-state index contributed by atoms with van der Waals surface area (Å²) in [5.74, 6) is 1.54. The Balaban J connectivity index is 2.97. The number of hydrogen-bond acceptors (Lipinski definition) is 3. The molecule has 0 unspecified atom stereocenters. The van der Waals surface area contributed by atoms with Crippen LogP contribution in [0.1, 0.15) is 46.3 Å². The maximum Gasteiger partial charge on any atom is 0.129 e. The van der Waals surface area contributed by atoms with Crippen LogP contribution in [-0.2, 0) is 0 Å². The van der Waals surface area contributed by atoms with E-state index in [1.165, 1.54) is 0 Å². The SMILES string of the molecule is CC(C)CN(c1cc([C@H](C)O)ccn1)C(C)C. The van der Waals surface area contributed by atoms with E-state index in [4.69, 9.17) is 0 Å². The van der Waals surface area contributed by atoms with Crippen LogP contribution in [0.2, 0.25) is 0 Å². The van der Waals surface area contributed by atoms with E-state index in [-0.39, 0.29) is 0 Å². The Morgan fingerprint density at radius 3 is 2.35 bits per heavy atom. The Morgan fingerprint density at radius 1 is 1.24 bits per heavy atom. The van der Waals surface area contributed by atoms with Gasteiger partial charge in [0.25, 0.3) is 0 Å². The van der Waals surface area contributed by atoms with Crippen LogP contribution in [0.25, 0.3) is 0 Å². The van der Waals surface area contributed by atoms with E-state index in [0.717, 1.165) is 17.9 Å². The Labute approximate surface area is 104 Å². The second-order valence-corrected chi connectivity index (χ2v) is 5.26. The predicted molar refractivity (Wildman–Crippen MR) is 72.2 cm³/mol. The number of pyridine rings is 1. The average molecular weight is 236 g/mol. The zero-order valence-electron chi connectivity index (χ0n) is 11.5. The second-order valence-electron chi connectivity index (χ2n) is 5.26. The molecule has 0 spiro atoms. The average Bonchev–Trinajstić information content (AvgIpc) is 2.25. The lowest BCUT2D eigenvalue weighted by Crippen LogP contribution is -2.34. The molecule has 1 rings (SSSR count). The van der Waals surface area contributed by atoms with Crippen molar-refractivity contribution in [3.05, 3.63) is 23.9 Å². The fourth-order valence-corrected chi connectivity index (χ4v) is 1.81. The molecule has 0 amide bonds. The summed E-state index contributed by atoms with van der Waals surface area (Å²) < 4.78 is 0. The molecule has 0 aromatic carbocycles. The molecule has 0 aliphatic carbocycles. The van der Waals surface area contributed by atoms with Gasteiger partial charge in [0.15, 0.2) is 0 Å². The van der Waals surface area contributed by atoms with Crippen LogP contribution in [0.4, 0.5) is 5.82 Å². The minimum Gasteiger partial charge on any atom is -0.389 e. The lowest BCUT2D eigenvalue weighted by molar-refractivity contribution is 0.199. The first-order valence-corrected chi connectivity index (χ1v) is 6.32. The highest BCUT2D eigenvalue weighted by Crippen LogP contribution is 2.20. The predicted octanol–water partition coefficient (Wildman–Crippen LogP) is 3.01. The van der Waals surface area contributed by atoms with E-state index in [1.807, 2.05) is 12.1 Å². The molecule has 0 aliphatic heterocycles. The maximum atomic E-state index is 9.60. The summed E-state index contributed by atoms with van der Waals surface area (Å²) in [6.07, 6.45) is 1.33. The third kappa shape index (κ3) is 4.00. The maximum absolute atomic E-state index is 9.60. The van der Waals surface area contributed by atoms with Gasteiger partial charge in [-0.25, -0.2) is 4.98 Å². The van der Waals surface area contributed by atoms with Gasteiger partial charge < -0.3 is 10.0 Å². The molecule has 3 heteroatoms. The Kier molecular flexibility index (Phi) is 4.94. The third-order valence-electron chi connectivity index (χ3n) is 2.73. The molecule has 96 valence electrons. The summed E-state index contributed by atoms with van der Waals surface area (Å²) in [7, 11) is 0. The molecule has 0 aliphatic rings. The molecule has 0 bridgehead atoms. The molecule has 1 heterocycles. The van der Waals surface area contributed by atoms with Gasteiger partial charge >= 0.3 is 0 Å². The monoisotopic (exact) mass is 236 g/mol. The summed E-state index contributed by atoms with van der Waals surface area (Å²) >= 11 is 0. The highest BCUT2D eigenvalue weighted by atomic mass is 16.3. The van der Waals surface area contributed by atoms with Gasteiger partial charge in [0.1, 0.15) is 5.82 Å². The third-order valence-corrected chi connectivity index (χ3v) is 2.73. The summed E-state index contributed by atoms with van der Waals surface area (Å²) in [4.78, 5) is 6.69. The molecule has 3 nitrogen and oxygen atoms in total. The highest BCUT2D eigenvalue weighted by Gasteiger charge is 2.14. The molecule has 17 heavy (non-hydrogen) atoms. The summed E-state index contributed by atoms with van der Waals surface area (Å²) in [5.41, 5.74) is 0.921. The molecule has 0 saturated carbocycles. The minimum atomic E-state index is -0.440. The first-order valence-electron chi connectivity index (χ1n) is 6.32. The van der Waals surface area contributed by atoms with Crippen LogP contribution >= 0.6 is 0 Å². The van der Waals surface area contributed by atoms with Gasteiger partial charge in [0.2, 0.25) is 0 Å². The van der Waals surface area contributed by atoms with Gasteiger partial charge in [-0.3, -0.25) is 0 Å². The number of rotatable bonds is 5. The standard InChI is InChI=1S/C14H24N2O/c1-10(2)9-16(11(3)4)14-8-13(12(5)17)6-7-15-14/h6-8,10-12,17H,9H2,1-5H3/t12-/m0/s1. The zero-order chi connectivity index (χ0) is 13.0. The van der Waals surface area contributed by atoms with Crippen LogP contribution in [0.5, 0.6) is 0 Å². The van der Waals surface area contributed by atoms with Crippen molar-refractivity contribution in [2.24, 2.45) is 5.92 Å². The number of anilines is 1. The molecule has 0 fully saturated rings. The van der Waals surface area contributed by atoms with Gasteiger partial charge in [-0.1, -0.05) is 13.8 Å². The Hall–Kier alpha value is -1.09. The van der Waals surface area contributed by atoms with Gasteiger partial charge in [-0.15, -0.1) is 0 Å². The van der Waals surface area contributed by atoms with Crippen molar-refractivity contribution in [1.82, 2.24) is 4.98 Å². The van der Waals surface area contributed by atoms with Crippen LogP contribution < -0.4 is 4.90 Å². The first kappa shape index (κ1) is 14.0. The molecule has 1 aromatic heterocycles. The minimum absolute atomic E-state index is 0.411. The quantitative estimate of drug-likeness (QED) is 0.853. The molecular formula is C14H24N2O. The van der Waals surface area contributed by atoms with Crippen molar-refractivity contribution in [2.75, 3.05) is 11.4 Å². The summed E-state index contributed by atoms with van der Waals surface area (Å²) in [5, 5.41) is 9.60. The van der Waals surface area contributed by atoms with Crippen molar-refractivity contribution in [3.63, 3.8) is 0 Å². The fraction of sp³-hybridized carbons (Fsp3) is 0.643. The molecule has 1 aromatic rings. The van der Waals surface area contributed by atoms with Gasteiger partial charge in [0, 0.05) is 18.8 Å². The van der Waals surface area contributed by atoms with Gasteiger partial charge in [-0.05, 0) is 44.4 Å². The molecule has 1 atom stereocenters. The fourth-order valence-electron chi connectivity index (χ4n) is 1.81.